The average Bonchev–Trinajstić information content (AvgIpc) is 2.45. The average molecular weight is 380 g/mol. The summed E-state index contributed by atoms with van der Waals surface area (Å²) in [7, 11) is -4.64. The monoisotopic (exact) mass is 379 g/mol. The summed E-state index contributed by atoms with van der Waals surface area (Å²) in [6, 6.07) is 6.82. The molecular weight excluding hydrogens is 371 g/mol. The maximum absolute atomic E-state index is 13.0. The van der Waals surface area contributed by atoms with Crippen LogP contribution in [-0.2, 0) is 16.2 Å². The van der Waals surface area contributed by atoms with Crippen molar-refractivity contribution in [1.29, 1.82) is 0 Å². The molecule has 0 aliphatic carbocycles. The van der Waals surface area contributed by atoms with Gasteiger partial charge in [0, 0.05) is 10.7 Å². The van der Waals surface area contributed by atoms with Crippen molar-refractivity contribution in [3.63, 3.8) is 0 Å². The van der Waals surface area contributed by atoms with Crippen molar-refractivity contribution < 1.29 is 31.5 Å². The molecule has 2 aromatic carbocycles. The Morgan fingerprint density at radius 2 is 1.79 bits per heavy atom. The van der Waals surface area contributed by atoms with Crippen LogP contribution in [0.3, 0.4) is 0 Å². The molecule has 0 unspecified atom stereocenters. The number of alkyl halides is 3. The minimum absolute atomic E-state index is 0.192. The number of carboxylic acid groups (broad SMARTS) is 1. The van der Waals surface area contributed by atoms with E-state index >= 15 is 0 Å². The van der Waals surface area contributed by atoms with E-state index in [2.05, 4.69) is 0 Å². The van der Waals surface area contributed by atoms with Gasteiger partial charge in [-0.05, 0) is 36.4 Å². The summed E-state index contributed by atoms with van der Waals surface area (Å²) in [4.78, 5) is 9.82. The quantitative estimate of drug-likeness (QED) is 0.845. The molecule has 0 saturated carbocycles. The zero-order valence-corrected chi connectivity index (χ0v) is 13.2. The molecule has 0 aliphatic rings. The van der Waals surface area contributed by atoms with Crippen molar-refractivity contribution in [2.24, 2.45) is 0 Å². The fourth-order valence-corrected chi connectivity index (χ4v) is 3.42. The third-order valence-electron chi connectivity index (χ3n) is 2.90. The largest absolute Gasteiger partial charge is 0.478 e. The topological polar surface area (TPSA) is 83.5 Å². The Morgan fingerprint density at radius 1 is 1.12 bits per heavy atom. The molecule has 24 heavy (non-hydrogen) atoms. The summed E-state index contributed by atoms with van der Waals surface area (Å²) in [5.74, 6) is -1.31. The SMILES string of the molecule is O=C(O)c1cccc(NS(=O)(=O)c2cc(Cl)ccc2C(F)(F)F)c1. The van der Waals surface area contributed by atoms with Gasteiger partial charge in [-0.2, -0.15) is 13.2 Å². The molecule has 0 aliphatic heterocycles. The Kier molecular flexibility index (Phi) is 4.77. The summed E-state index contributed by atoms with van der Waals surface area (Å²) in [5, 5.41) is 8.68. The van der Waals surface area contributed by atoms with Crippen molar-refractivity contribution in [2.45, 2.75) is 11.1 Å². The van der Waals surface area contributed by atoms with E-state index in [1.54, 1.807) is 0 Å². The lowest BCUT2D eigenvalue weighted by molar-refractivity contribution is -0.139. The molecule has 2 aromatic rings. The molecule has 5 nitrogen and oxygen atoms in total. The van der Waals surface area contributed by atoms with Gasteiger partial charge in [0.1, 0.15) is 4.90 Å². The summed E-state index contributed by atoms with van der Waals surface area (Å²) in [6.07, 6.45) is -4.91. The summed E-state index contributed by atoms with van der Waals surface area (Å²) in [6.45, 7) is 0. The zero-order valence-electron chi connectivity index (χ0n) is 11.6. The lowest BCUT2D eigenvalue weighted by Crippen LogP contribution is -2.19. The second-order valence-electron chi connectivity index (χ2n) is 4.63. The molecule has 0 saturated heterocycles. The maximum atomic E-state index is 13.0. The number of carbonyl (C=O) groups is 1. The van der Waals surface area contributed by atoms with Crippen LogP contribution in [0.15, 0.2) is 47.4 Å². The predicted molar refractivity (Wildman–Crippen MR) is 80.7 cm³/mol. The molecule has 2 rings (SSSR count). The molecule has 128 valence electrons. The Balaban J connectivity index is 2.50. The van der Waals surface area contributed by atoms with Gasteiger partial charge in [-0.1, -0.05) is 17.7 Å². The van der Waals surface area contributed by atoms with Gasteiger partial charge in [-0.25, -0.2) is 13.2 Å². The fraction of sp³-hybridized carbons (Fsp3) is 0.0714. The standard InChI is InChI=1S/C14H9ClF3NO4S/c15-9-4-5-11(14(16,17)18)12(7-9)24(22,23)19-10-3-1-2-8(6-10)13(20)21/h1-7,19H,(H,20,21). The van der Waals surface area contributed by atoms with Gasteiger partial charge in [-0.3, -0.25) is 4.72 Å². The van der Waals surface area contributed by atoms with E-state index in [0.717, 1.165) is 12.1 Å². The van der Waals surface area contributed by atoms with Gasteiger partial charge in [0.15, 0.2) is 0 Å². The summed E-state index contributed by atoms with van der Waals surface area (Å²) >= 11 is 5.61. The highest BCUT2D eigenvalue weighted by Gasteiger charge is 2.37. The van der Waals surface area contributed by atoms with Crippen molar-refractivity contribution in [1.82, 2.24) is 0 Å². The highest BCUT2D eigenvalue weighted by atomic mass is 35.5. The van der Waals surface area contributed by atoms with Crippen molar-refractivity contribution in [3.05, 3.63) is 58.6 Å². The number of hydrogen-bond acceptors (Lipinski definition) is 3. The highest BCUT2D eigenvalue weighted by molar-refractivity contribution is 7.92. The molecule has 0 aromatic heterocycles. The lowest BCUT2D eigenvalue weighted by Gasteiger charge is -2.15. The third kappa shape index (κ3) is 3.98. The van der Waals surface area contributed by atoms with Gasteiger partial charge in [0.05, 0.1) is 11.1 Å². The molecule has 0 amide bonds. The zero-order chi connectivity index (χ0) is 18.1. The molecule has 0 atom stereocenters. The Morgan fingerprint density at radius 3 is 2.38 bits per heavy atom. The first-order valence-corrected chi connectivity index (χ1v) is 8.10. The molecule has 0 radical (unpaired) electrons. The Bertz CT molecular complexity index is 897. The molecule has 0 heterocycles. The second-order valence-corrected chi connectivity index (χ2v) is 6.72. The van der Waals surface area contributed by atoms with Crippen LogP contribution in [-0.4, -0.2) is 19.5 Å². The van der Waals surface area contributed by atoms with E-state index in [1.807, 2.05) is 4.72 Å². The number of hydrogen-bond donors (Lipinski definition) is 2. The van der Waals surface area contributed by atoms with E-state index in [9.17, 15) is 26.4 Å². The van der Waals surface area contributed by atoms with Crippen molar-refractivity contribution in [2.75, 3.05) is 4.72 Å². The van der Waals surface area contributed by atoms with Crippen LogP contribution >= 0.6 is 11.6 Å². The van der Waals surface area contributed by atoms with Crippen LogP contribution in [0, 0.1) is 0 Å². The van der Waals surface area contributed by atoms with E-state index in [0.29, 0.717) is 12.1 Å². The molecule has 0 spiro atoms. The van der Waals surface area contributed by atoms with Crippen LogP contribution in [0.4, 0.5) is 18.9 Å². The number of rotatable bonds is 4. The summed E-state index contributed by atoms with van der Waals surface area (Å²) in [5.41, 5.74) is -1.80. The number of anilines is 1. The molecule has 0 bridgehead atoms. The number of benzene rings is 2. The first kappa shape index (κ1) is 18.1. The molecule has 0 fully saturated rings. The second kappa shape index (κ2) is 6.33. The number of nitrogens with one attached hydrogen (secondary N) is 1. The van der Waals surface area contributed by atoms with E-state index < -0.39 is 32.6 Å². The molecule has 10 heteroatoms. The molecular formula is C14H9ClF3NO4S. The Hall–Kier alpha value is -2.26. The number of aromatic carboxylic acids is 1. The Labute approximate surface area is 139 Å². The minimum Gasteiger partial charge on any atom is -0.478 e. The van der Waals surface area contributed by atoms with Crippen LogP contribution in [0.25, 0.3) is 0 Å². The van der Waals surface area contributed by atoms with Crippen molar-refractivity contribution in [3.8, 4) is 0 Å². The van der Waals surface area contributed by atoms with Gasteiger partial charge < -0.3 is 5.11 Å². The van der Waals surface area contributed by atoms with Crippen LogP contribution in [0.1, 0.15) is 15.9 Å². The highest BCUT2D eigenvalue weighted by Crippen LogP contribution is 2.36. The van der Waals surface area contributed by atoms with Crippen LogP contribution < -0.4 is 4.72 Å². The number of carboxylic acids is 1. The van der Waals surface area contributed by atoms with Gasteiger partial charge in [0.2, 0.25) is 0 Å². The third-order valence-corrected chi connectivity index (χ3v) is 4.56. The van der Waals surface area contributed by atoms with Gasteiger partial charge in [-0.15, -0.1) is 0 Å². The first-order valence-electron chi connectivity index (χ1n) is 6.23. The van der Waals surface area contributed by atoms with Crippen LogP contribution in [0.2, 0.25) is 5.02 Å². The van der Waals surface area contributed by atoms with E-state index in [4.69, 9.17) is 16.7 Å². The normalized spacial score (nSPS) is 12.0. The maximum Gasteiger partial charge on any atom is 0.417 e. The van der Waals surface area contributed by atoms with Crippen molar-refractivity contribution >= 4 is 33.3 Å². The number of sulfonamides is 1. The van der Waals surface area contributed by atoms with Gasteiger partial charge >= 0.3 is 12.1 Å². The predicted octanol–water partition coefficient (Wildman–Crippen LogP) is 3.86. The fourth-order valence-electron chi connectivity index (χ4n) is 1.88. The van der Waals surface area contributed by atoms with E-state index in [-0.39, 0.29) is 16.3 Å². The number of halogens is 4. The summed E-state index contributed by atoms with van der Waals surface area (Å²) < 4.78 is 65.5. The van der Waals surface area contributed by atoms with Crippen LogP contribution in [0.5, 0.6) is 0 Å². The van der Waals surface area contributed by atoms with Gasteiger partial charge in [0.25, 0.3) is 10.0 Å². The first-order chi connectivity index (χ1) is 11.0. The minimum atomic E-state index is -4.91. The lowest BCUT2D eigenvalue weighted by atomic mass is 10.2. The molecule has 2 N–H and O–H groups in total. The van der Waals surface area contributed by atoms with E-state index in [1.165, 1.54) is 18.2 Å². The smallest absolute Gasteiger partial charge is 0.417 e.